The van der Waals surface area contributed by atoms with Crippen LogP contribution in [0.4, 0.5) is 0 Å². The smallest absolute Gasteiger partial charge is 0.118 e. The molecule has 3 heteroatoms. The summed E-state index contributed by atoms with van der Waals surface area (Å²) in [6.07, 6.45) is 3.37. The largest absolute Gasteiger partial charge is 0.497 e. The molecule has 0 aliphatic heterocycles. The van der Waals surface area contributed by atoms with E-state index in [9.17, 15) is 0 Å². The van der Waals surface area contributed by atoms with Crippen LogP contribution >= 0.6 is 0 Å². The minimum atomic E-state index is 0.373. The van der Waals surface area contributed by atoms with E-state index in [1.165, 1.54) is 12.0 Å². The lowest BCUT2D eigenvalue weighted by atomic mass is 10.0. The molecule has 19 heavy (non-hydrogen) atoms. The zero-order valence-corrected chi connectivity index (χ0v) is 12.6. The van der Waals surface area contributed by atoms with E-state index in [2.05, 4.69) is 31.3 Å². The molecule has 1 rings (SSSR count). The molecule has 0 aliphatic rings. The Labute approximate surface area is 117 Å². The van der Waals surface area contributed by atoms with E-state index in [0.717, 1.165) is 25.2 Å². The minimum absolute atomic E-state index is 0.373. The van der Waals surface area contributed by atoms with Gasteiger partial charge in [0.2, 0.25) is 0 Å². The molecule has 1 N–H and O–H groups in total. The molecule has 0 aliphatic carbocycles. The molecule has 0 amide bonds. The summed E-state index contributed by atoms with van der Waals surface area (Å²) in [6, 6.07) is 9.10. The van der Waals surface area contributed by atoms with E-state index in [4.69, 9.17) is 9.47 Å². The molecule has 0 spiro atoms. The number of ether oxygens (including phenoxy) is 2. The summed E-state index contributed by atoms with van der Waals surface area (Å²) in [4.78, 5) is 0. The van der Waals surface area contributed by atoms with Gasteiger partial charge >= 0.3 is 0 Å². The second-order valence-corrected chi connectivity index (χ2v) is 4.84. The molecular weight excluding hydrogens is 238 g/mol. The van der Waals surface area contributed by atoms with Crippen LogP contribution in [0.5, 0.6) is 5.75 Å². The van der Waals surface area contributed by atoms with Crippen LogP contribution in [0.15, 0.2) is 24.3 Å². The van der Waals surface area contributed by atoms with Crippen LogP contribution in [-0.4, -0.2) is 26.9 Å². The van der Waals surface area contributed by atoms with Gasteiger partial charge < -0.3 is 14.8 Å². The molecule has 0 saturated carbocycles. The fourth-order valence-corrected chi connectivity index (χ4v) is 2.33. The van der Waals surface area contributed by atoms with Crippen molar-refractivity contribution in [3.63, 3.8) is 0 Å². The maximum Gasteiger partial charge on any atom is 0.118 e. The predicted molar refractivity (Wildman–Crippen MR) is 79.7 cm³/mol. The Bertz CT molecular complexity index is 331. The lowest BCUT2D eigenvalue weighted by molar-refractivity contribution is 0.155. The van der Waals surface area contributed by atoms with E-state index in [1.807, 2.05) is 12.1 Å². The number of hydrogen-bond donors (Lipinski definition) is 1. The van der Waals surface area contributed by atoms with Crippen molar-refractivity contribution >= 4 is 0 Å². The zero-order valence-electron chi connectivity index (χ0n) is 12.6. The lowest BCUT2D eigenvalue weighted by Gasteiger charge is -2.25. The van der Waals surface area contributed by atoms with Crippen LogP contribution in [0, 0.1) is 0 Å². The van der Waals surface area contributed by atoms with Gasteiger partial charge in [-0.15, -0.1) is 0 Å². The van der Waals surface area contributed by atoms with E-state index < -0.39 is 0 Å². The van der Waals surface area contributed by atoms with Gasteiger partial charge in [-0.2, -0.15) is 0 Å². The van der Waals surface area contributed by atoms with Crippen molar-refractivity contribution in [2.24, 2.45) is 0 Å². The van der Waals surface area contributed by atoms with E-state index in [0.29, 0.717) is 12.1 Å². The zero-order chi connectivity index (χ0) is 14.1. The summed E-state index contributed by atoms with van der Waals surface area (Å²) in [5, 5.41) is 3.69. The number of nitrogens with one attached hydrogen (secondary N) is 1. The van der Waals surface area contributed by atoms with Gasteiger partial charge in [-0.1, -0.05) is 32.4 Å². The third-order valence-electron chi connectivity index (χ3n) is 3.37. The summed E-state index contributed by atoms with van der Waals surface area (Å²) in [6.45, 7) is 5.18. The molecule has 3 nitrogen and oxygen atoms in total. The van der Waals surface area contributed by atoms with Crippen molar-refractivity contribution in [1.29, 1.82) is 0 Å². The second-order valence-electron chi connectivity index (χ2n) is 4.84. The highest BCUT2D eigenvalue weighted by Gasteiger charge is 2.15. The molecule has 0 saturated heterocycles. The number of benzene rings is 1. The Balaban J connectivity index is 2.69. The third-order valence-corrected chi connectivity index (χ3v) is 3.37. The van der Waals surface area contributed by atoms with Crippen molar-refractivity contribution < 1.29 is 9.47 Å². The Kier molecular flexibility index (Phi) is 7.53. The first-order valence-electron chi connectivity index (χ1n) is 7.14. The van der Waals surface area contributed by atoms with Gasteiger partial charge in [0.05, 0.1) is 13.7 Å². The van der Waals surface area contributed by atoms with Crippen LogP contribution in [-0.2, 0) is 4.74 Å². The van der Waals surface area contributed by atoms with Gasteiger partial charge in [0.15, 0.2) is 0 Å². The van der Waals surface area contributed by atoms with Crippen molar-refractivity contribution in [3.05, 3.63) is 29.8 Å². The quantitative estimate of drug-likeness (QED) is 0.740. The van der Waals surface area contributed by atoms with Crippen molar-refractivity contribution in [2.75, 3.05) is 20.8 Å². The molecule has 0 fully saturated rings. The molecular formula is C16H27NO2. The fraction of sp³-hybridized carbons (Fsp3) is 0.625. The molecule has 0 radical (unpaired) electrons. The minimum Gasteiger partial charge on any atom is -0.497 e. The molecule has 0 bridgehead atoms. The Morgan fingerprint density at radius 3 is 2.26 bits per heavy atom. The van der Waals surface area contributed by atoms with Gasteiger partial charge in [-0.25, -0.2) is 0 Å². The highest BCUT2D eigenvalue weighted by Crippen LogP contribution is 2.21. The average Bonchev–Trinajstić information content (AvgIpc) is 2.45. The van der Waals surface area contributed by atoms with Crippen LogP contribution in [0.3, 0.4) is 0 Å². The monoisotopic (exact) mass is 265 g/mol. The van der Waals surface area contributed by atoms with Gasteiger partial charge in [-0.05, 0) is 30.5 Å². The summed E-state index contributed by atoms with van der Waals surface area (Å²) >= 11 is 0. The summed E-state index contributed by atoms with van der Waals surface area (Å²) in [7, 11) is 3.46. The normalized spacial score (nSPS) is 14.1. The van der Waals surface area contributed by atoms with Crippen LogP contribution in [0.1, 0.15) is 44.7 Å². The Morgan fingerprint density at radius 2 is 1.79 bits per heavy atom. The maximum absolute atomic E-state index is 5.29. The van der Waals surface area contributed by atoms with Gasteiger partial charge in [0.1, 0.15) is 5.75 Å². The number of hydrogen-bond acceptors (Lipinski definition) is 3. The molecule has 2 atom stereocenters. The van der Waals surface area contributed by atoms with E-state index in [-0.39, 0.29) is 0 Å². The Morgan fingerprint density at radius 1 is 1.11 bits per heavy atom. The first-order chi connectivity index (χ1) is 9.24. The standard InChI is InChI=1S/C16H27NO2/c1-5-7-14(12-18-3)17-16(6-2)13-8-10-15(19-4)11-9-13/h8-11,14,16-17H,5-7,12H2,1-4H3. The average molecular weight is 265 g/mol. The topological polar surface area (TPSA) is 30.5 Å². The van der Waals surface area contributed by atoms with E-state index in [1.54, 1.807) is 14.2 Å². The molecule has 0 heterocycles. The number of rotatable bonds is 9. The van der Waals surface area contributed by atoms with Crippen molar-refractivity contribution in [2.45, 2.75) is 45.2 Å². The van der Waals surface area contributed by atoms with E-state index >= 15 is 0 Å². The van der Waals surface area contributed by atoms with Gasteiger partial charge in [0, 0.05) is 19.2 Å². The first-order valence-corrected chi connectivity index (χ1v) is 7.14. The maximum atomic E-state index is 5.29. The fourth-order valence-electron chi connectivity index (χ4n) is 2.33. The van der Waals surface area contributed by atoms with Crippen molar-refractivity contribution in [3.8, 4) is 5.75 Å². The molecule has 1 aromatic carbocycles. The second kappa shape index (κ2) is 8.94. The predicted octanol–water partition coefficient (Wildman–Crippen LogP) is 3.55. The summed E-state index contributed by atoms with van der Waals surface area (Å²) < 4.78 is 10.5. The molecule has 1 aromatic rings. The van der Waals surface area contributed by atoms with Crippen LogP contribution < -0.4 is 10.1 Å². The highest BCUT2D eigenvalue weighted by molar-refractivity contribution is 5.29. The highest BCUT2D eigenvalue weighted by atomic mass is 16.5. The summed E-state index contributed by atoms with van der Waals surface area (Å²) in [5.74, 6) is 0.903. The van der Waals surface area contributed by atoms with Crippen molar-refractivity contribution in [1.82, 2.24) is 5.32 Å². The SMILES string of the molecule is CCCC(COC)NC(CC)c1ccc(OC)cc1. The summed E-state index contributed by atoms with van der Waals surface area (Å²) in [5.41, 5.74) is 1.31. The Hall–Kier alpha value is -1.06. The molecule has 108 valence electrons. The molecule has 2 unspecified atom stereocenters. The number of methoxy groups -OCH3 is 2. The van der Waals surface area contributed by atoms with Crippen LogP contribution in [0.25, 0.3) is 0 Å². The van der Waals surface area contributed by atoms with Gasteiger partial charge in [0.25, 0.3) is 0 Å². The van der Waals surface area contributed by atoms with Gasteiger partial charge in [-0.3, -0.25) is 0 Å². The third kappa shape index (κ3) is 5.21. The first kappa shape index (κ1) is 16.0. The lowest BCUT2D eigenvalue weighted by Crippen LogP contribution is -2.36. The van der Waals surface area contributed by atoms with Crippen LogP contribution in [0.2, 0.25) is 0 Å². The molecule has 0 aromatic heterocycles.